The minimum atomic E-state index is -0.745. The predicted molar refractivity (Wildman–Crippen MR) is 99.5 cm³/mol. The summed E-state index contributed by atoms with van der Waals surface area (Å²) < 4.78 is 11.1. The summed E-state index contributed by atoms with van der Waals surface area (Å²) >= 11 is 5.96. The topological polar surface area (TPSA) is 64.8 Å². The summed E-state index contributed by atoms with van der Waals surface area (Å²) in [7, 11) is 1.73. The number of ether oxygens (including phenoxy) is 2. The Morgan fingerprint density at radius 1 is 1.20 bits per heavy atom. The lowest BCUT2D eigenvalue weighted by Gasteiger charge is -2.23. The van der Waals surface area contributed by atoms with E-state index in [-0.39, 0.29) is 18.3 Å². The van der Waals surface area contributed by atoms with Gasteiger partial charge in [0.15, 0.2) is 11.5 Å². The number of amides is 1. The molecule has 0 aliphatic carbocycles. The third kappa shape index (κ3) is 4.57. The minimum Gasteiger partial charge on any atom is -0.486 e. The van der Waals surface area contributed by atoms with E-state index in [1.54, 1.807) is 36.2 Å². The average molecular weight is 383 g/mol. The smallest absolute Gasteiger partial charge is 0.244 e. The van der Waals surface area contributed by atoms with Gasteiger partial charge < -0.3 is 20.1 Å². The molecule has 0 spiro atoms. The second kappa shape index (κ2) is 8.43. The van der Waals surface area contributed by atoms with Crippen LogP contribution in [0.5, 0.6) is 11.5 Å². The Labute approximate surface area is 158 Å². The third-order valence-electron chi connectivity index (χ3n) is 3.88. The highest BCUT2D eigenvalue weighted by molar-refractivity contribution is 6.30. The van der Waals surface area contributed by atoms with Gasteiger partial charge in [-0.25, -0.2) is 0 Å². The summed E-state index contributed by atoms with van der Waals surface area (Å²) in [5.74, 6) is 1.26. The first-order valence-electron chi connectivity index (χ1n) is 7.69. The molecule has 25 heavy (non-hydrogen) atoms. The number of hydrogen-bond acceptors (Lipinski definition) is 4. The van der Waals surface area contributed by atoms with E-state index in [0.29, 0.717) is 36.1 Å². The molecule has 3 rings (SSSR count). The first-order chi connectivity index (χ1) is 11.5. The van der Waals surface area contributed by atoms with E-state index >= 15 is 0 Å². The summed E-state index contributed by atoms with van der Waals surface area (Å²) in [6.45, 7) is 1.52. The maximum atomic E-state index is 12.5. The molecule has 1 amide bonds. The fourth-order valence-corrected chi connectivity index (χ4v) is 2.82. The summed E-state index contributed by atoms with van der Waals surface area (Å²) in [6, 6.07) is 12.0. The van der Waals surface area contributed by atoms with Crippen LogP contribution in [-0.2, 0) is 11.3 Å². The Balaban J connectivity index is 0.00000225. The van der Waals surface area contributed by atoms with Crippen molar-refractivity contribution in [3.05, 3.63) is 58.6 Å². The number of fused-ring (bicyclic) bond motifs is 1. The summed E-state index contributed by atoms with van der Waals surface area (Å²) in [5.41, 5.74) is 7.73. The van der Waals surface area contributed by atoms with Crippen LogP contribution in [0.25, 0.3) is 0 Å². The normalized spacial score (nSPS) is 13.6. The van der Waals surface area contributed by atoms with Gasteiger partial charge in [0.25, 0.3) is 0 Å². The van der Waals surface area contributed by atoms with Crippen molar-refractivity contribution in [3.63, 3.8) is 0 Å². The van der Waals surface area contributed by atoms with Crippen molar-refractivity contribution in [1.82, 2.24) is 4.90 Å². The zero-order chi connectivity index (χ0) is 17.1. The molecule has 0 saturated carbocycles. The Morgan fingerprint density at radius 2 is 1.92 bits per heavy atom. The summed E-state index contributed by atoms with van der Waals surface area (Å²) in [5, 5.41) is 0.560. The van der Waals surface area contributed by atoms with E-state index in [0.717, 1.165) is 11.3 Å². The number of benzene rings is 2. The number of halogens is 2. The Kier molecular flexibility index (Phi) is 6.53. The number of carbonyl (C=O) groups excluding carboxylic acids is 1. The minimum absolute atomic E-state index is 0. The molecular weight excluding hydrogens is 363 g/mol. The SMILES string of the molecule is CN(Cc1ccc2c(c1)OCCO2)C(=O)C(N)c1cccc(Cl)c1.Cl. The molecule has 1 atom stereocenters. The van der Waals surface area contributed by atoms with Crippen molar-refractivity contribution in [2.45, 2.75) is 12.6 Å². The lowest BCUT2D eigenvalue weighted by atomic mass is 10.1. The van der Waals surface area contributed by atoms with E-state index < -0.39 is 6.04 Å². The molecule has 134 valence electrons. The van der Waals surface area contributed by atoms with Gasteiger partial charge in [-0.05, 0) is 35.4 Å². The highest BCUT2D eigenvalue weighted by atomic mass is 35.5. The van der Waals surface area contributed by atoms with Gasteiger partial charge in [-0.15, -0.1) is 12.4 Å². The van der Waals surface area contributed by atoms with Gasteiger partial charge in [-0.1, -0.05) is 29.8 Å². The van der Waals surface area contributed by atoms with E-state index in [1.807, 2.05) is 18.2 Å². The van der Waals surface area contributed by atoms with Crippen LogP contribution in [0.4, 0.5) is 0 Å². The maximum Gasteiger partial charge on any atom is 0.244 e. The molecule has 2 N–H and O–H groups in total. The molecule has 2 aromatic rings. The van der Waals surface area contributed by atoms with Crippen molar-refractivity contribution in [3.8, 4) is 11.5 Å². The average Bonchev–Trinajstić information content (AvgIpc) is 2.60. The number of carbonyl (C=O) groups is 1. The van der Waals surface area contributed by atoms with Crippen molar-refractivity contribution in [2.24, 2.45) is 5.73 Å². The summed E-state index contributed by atoms with van der Waals surface area (Å²) in [4.78, 5) is 14.1. The van der Waals surface area contributed by atoms with Crippen LogP contribution >= 0.6 is 24.0 Å². The van der Waals surface area contributed by atoms with E-state index in [4.69, 9.17) is 26.8 Å². The number of nitrogens with two attached hydrogens (primary N) is 1. The fraction of sp³-hybridized carbons (Fsp3) is 0.278. The van der Waals surface area contributed by atoms with Crippen molar-refractivity contribution in [1.29, 1.82) is 0 Å². The molecule has 0 saturated heterocycles. The van der Waals surface area contributed by atoms with Gasteiger partial charge in [0, 0.05) is 18.6 Å². The molecule has 1 aliphatic heterocycles. The first kappa shape index (κ1) is 19.4. The van der Waals surface area contributed by atoms with Gasteiger partial charge in [0.2, 0.25) is 5.91 Å². The van der Waals surface area contributed by atoms with Crippen LogP contribution in [0.2, 0.25) is 5.02 Å². The molecule has 0 fully saturated rings. The molecule has 1 heterocycles. The van der Waals surface area contributed by atoms with Crippen LogP contribution in [0.3, 0.4) is 0 Å². The molecule has 5 nitrogen and oxygen atoms in total. The fourth-order valence-electron chi connectivity index (χ4n) is 2.62. The molecule has 0 radical (unpaired) electrons. The van der Waals surface area contributed by atoms with Gasteiger partial charge in [-0.3, -0.25) is 4.79 Å². The van der Waals surface area contributed by atoms with Gasteiger partial charge >= 0.3 is 0 Å². The third-order valence-corrected chi connectivity index (χ3v) is 4.11. The highest BCUT2D eigenvalue weighted by Crippen LogP contribution is 2.31. The molecule has 1 aliphatic rings. The monoisotopic (exact) mass is 382 g/mol. The zero-order valence-electron chi connectivity index (χ0n) is 13.8. The van der Waals surface area contributed by atoms with Crippen LogP contribution in [0.1, 0.15) is 17.2 Å². The maximum absolute atomic E-state index is 12.5. The first-order valence-corrected chi connectivity index (χ1v) is 8.07. The zero-order valence-corrected chi connectivity index (χ0v) is 15.3. The lowest BCUT2D eigenvalue weighted by Crippen LogP contribution is -2.35. The number of hydrogen-bond donors (Lipinski definition) is 1. The van der Waals surface area contributed by atoms with E-state index in [9.17, 15) is 4.79 Å². The van der Waals surface area contributed by atoms with Crippen LogP contribution in [-0.4, -0.2) is 31.1 Å². The second-order valence-corrected chi connectivity index (χ2v) is 6.14. The Hall–Kier alpha value is -1.95. The van der Waals surface area contributed by atoms with Crippen LogP contribution in [0.15, 0.2) is 42.5 Å². The van der Waals surface area contributed by atoms with Crippen LogP contribution < -0.4 is 15.2 Å². The van der Waals surface area contributed by atoms with Crippen molar-refractivity contribution >= 4 is 29.9 Å². The quantitative estimate of drug-likeness (QED) is 0.881. The van der Waals surface area contributed by atoms with E-state index in [1.165, 1.54) is 0 Å². The van der Waals surface area contributed by atoms with Crippen molar-refractivity contribution in [2.75, 3.05) is 20.3 Å². The molecule has 0 aromatic heterocycles. The molecule has 2 aromatic carbocycles. The number of nitrogens with zero attached hydrogens (tertiary/aromatic N) is 1. The molecule has 0 bridgehead atoms. The Bertz CT molecular complexity index is 755. The predicted octanol–water partition coefficient (Wildman–Crippen LogP) is 3.19. The molecule has 1 unspecified atom stereocenters. The Morgan fingerprint density at radius 3 is 2.64 bits per heavy atom. The summed E-state index contributed by atoms with van der Waals surface area (Å²) in [6.07, 6.45) is 0. The molecular formula is C18H20Cl2N2O3. The standard InChI is InChI=1S/C18H19ClN2O3.ClH/c1-21(18(22)17(20)13-3-2-4-14(19)10-13)11-12-5-6-15-16(9-12)24-8-7-23-15;/h2-6,9-10,17H,7-8,11,20H2,1H3;1H. The lowest BCUT2D eigenvalue weighted by molar-refractivity contribution is -0.131. The van der Waals surface area contributed by atoms with Gasteiger partial charge in [-0.2, -0.15) is 0 Å². The van der Waals surface area contributed by atoms with Crippen molar-refractivity contribution < 1.29 is 14.3 Å². The largest absolute Gasteiger partial charge is 0.486 e. The highest BCUT2D eigenvalue weighted by Gasteiger charge is 2.21. The number of rotatable bonds is 4. The van der Waals surface area contributed by atoms with Gasteiger partial charge in [0.05, 0.1) is 0 Å². The van der Waals surface area contributed by atoms with E-state index in [2.05, 4.69) is 0 Å². The van der Waals surface area contributed by atoms with Gasteiger partial charge in [0.1, 0.15) is 19.3 Å². The molecule has 7 heteroatoms. The number of likely N-dealkylation sites (N-methyl/N-ethyl adjacent to an activating group) is 1. The van der Waals surface area contributed by atoms with Crippen LogP contribution in [0, 0.1) is 0 Å². The second-order valence-electron chi connectivity index (χ2n) is 5.70.